The number of rotatable bonds is 5. The van der Waals surface area contributed by atoms with E-state index in [1.54, 1.807) is 30.3 Å². The number of carbonyl (C=O) groups is 1. The molecule has 1 aliphatic rings. The van der Waals surface area contributed by atoms with Crippen molar-refractivity contribution in [1.29, 1.82) is 0 Å². The van der Waals surface area contributed by atoms with Gasteiger partial charge in [-0.25, -0.2) is 4.39 Å². The van der Waals surface area contributed by atoms with Crippen LogP contribution in [0.4, 0.5) is 10.1 Å². The summed E-state index contributed by atoms with van der Waals surface area (Å²) >= 11 is 0. The third-order valence-electron chi connectivity index (χ3n) is 4.34. The molecule has 25 heavy (non-hydrogen) atoms. The quantitative estimate of drug-likeness (QED) is 0.866. The third-order valence-corrected chi connectivity index (χ3v) is 4.34. The van der Waals surface area contributed by atoms with Crippen LogP contribution in [0.5, 0.6) is 11.5 Å². The number of hydrogen-bond donors (Lipinski definition) is 2. The number of anilines is 1. The maximum absolute atomic E-state index is 13.0. The Morgan fingerprint density at radius 3 is 2.56 bits per heavy atom. The lowest BCUT2D eigenvalue weighted by molar-refractivity contribution is -0.907. The number of ether oxygens (including phenoxy) is 2. The molecule has 2 aromatic rings. The molecule has 0 saturated heterocycles. The Labute approximate surface area is 146 Å². The van der Waals surface area contributed by atoms with E-state index in [9.17, 15) is 9.18 Å². The monoisotopic (exact) mass is 345 g/mol. The van der Waals surface area contributed by atoms with Crippen LogP contribution >= 0.6 is 0 Å². The van der Waals surface area contributed by atoms with Crippen molar-refractivity contribution in [3.8, 4) is 11.5 Å². The second-order valence-corrected chi connectivity index (χ2v) is 6.22. The van der Waals surface area contributed by atoms with Gasteiger partial charge in [-0.3, -0.25) is 4.79 Å². The molecule has 2 N–H and O–H groups in total. The molecule has 0 fully saturated rings. The Morgan fingerprint density at radius 2 is 1.84 bits per heavy atom. The molecule has 1 amide bonds. The summed E-state index contributed by atoms with van der Waals surface area (Å²) < 4.78 is 24.0. The van der Waals surface area contributed by atoms with Crippen LogP contribution in [0, 0.1) is 5.82 Å². The molecular formula is C19H22FN2O3+. The van der Waals surface area contributed by atoms with Crippen LogP contribution in [-0.4, -0.2) is 32.2 Å². The van der Waals surface area contributed by atoms with Crippen molar-refractivity contribution in [3.05, 3.63) is 53.8 Å². The fourth-order valence-electron chi connectivity index (χ4n) is 2.67. The second-order valence-electron chi connectivity index (χ2n) is 6.22. The normalized spacial score (nSPS) is 15.3. The first-order valence-corrected chi connectivity index (χ1v) is 8.30. The maximum Gasteiger partial charge on any atom is 0.282 e. The second kappa shape index (κ2) is 7.53. The summed E-state index contributed by atoms with van der Waals surface area (Å²) in [5, 5.41) is 2.91. The van der Waals surface area contributed by atoms with Crippen molar-refractivity contribution in [2.75, 3.05) is 25.6 Å². The molecule has 0 aliphatic carbocycles. The molecule has 132 valence electrons. The minimum absolute atomic E-state index is 0.0868. The molecule has 6 heteroatoms. The summed E-state index contributed by atoms with van der Waals surface area (Å²) in [6.07, 6.45) is 0. The van der Waals surface area contributed by atoms with E-state index in [0.29, 0.717) is 36.9 Å². The molecule has 2 atom stereocenters. The van der Waals surface area contributed by atoms with Crippen LogP contribution < -0.4 is 19.7 Å². The smallest absolute Gasteiger partial charge is 0.282 e. The first kappa shape index (κ1) is 17.2. The summed E-state index contributed by atoms with van der Waals surface area (Å²) in [5.74, 6) is 0.988. The molecule has 2 aromatic carbocycles. The van der Waals surface area contributed by atoms with E-state index in [2.05, 4.69) is 5.32 Å². The van der Waals surface area contributed by atoms with Gasteiger partial charge < -0.3 is 19.7 Å². The minimum atomic E-state index is -0.266. The molecule has 0 radical (unpaired) electrons. The minimum Gasteiger partial charge on any atom is -0.486 e. The van der Waals surface area contributed by atoms with Gasteiger partial charge in [0.1, 0.15) is 25.6 Å². The van der Waals surface area contributed by atoms with Gasteiger partial charge >= 0.3 is 0 Å². The van der Waals surface area contributed by atoms with Crippen LogP contribution in [0.15, 0.2) is 42.5 Å². The van der Waals surface area contributed by atoms with Crippen molar-refractivity contribution < 1.29 is 23.6 Å². The number of fused-ring (bicyclic) bond motifs is 1. The summed E-state index contributed by atoms with van der Waals surface area (Å²) in [6.45, 7) is 3.54. The lowest BCUT2D eigenvalue weighted by Gasteiger charge is -2.22. The molecular weight excluding hydrogens is 323 g/mol. The van der Waals surface area contributed by atoms with Crippen molar-refractivity contribution in [2.24, 2.45) is 0 Å². The van der Waals surface area contributed by atoms with E-state index in [0.717, 1.165) is 10.5 Å². The van der Waals surface area contributed by atoms with Gasteiger partial charge in [-0.05, 0) is 31.2 Å². The number of halogens is 1. The van der Waals surface area contributed by atoms with E-state index in [4.69, 9.17) is 9.47 Å². The zero-order valence-corrected chi connectivity index (χ0v) is 14.3. The number of amides is 1. The largest absolute Gasteiger partial charge is 0.486 e. The lowest BCUT2D eigenvalue weighted by atomic mass is 10.2. The van der Waals surface area contributed by atoms with Gasteiger partial charge in [-0.2, -0.15) is 0 Å². The Kier molecular flexibility index (Phi) is 5.19. The molecule has 0 aromatic heterocycles. The highest BCUT2D eigenvalue weighted by Gasteiger charge is 2.23. The lowest BCUT2D eigenvalue weighted by Crippen LogP contribution is -3.12. The van der Waals surface area contributed by atoms with Crippen molar-refractivity contribution in [2.45, 2.75) is 19.5 Å². The zero-order valence-electron chi connectivity index (χ0n) is 14.3. The third kappa shape index (κ3) is 4.28. The topological polar surface area (TPSA) is 52.0 Å². The van der Waals surface area contributed by atoms with E-state index in [1.165, 1.54) is 12.1 Å². The van der Waals surface area contributed by atoms with Gasteiger partial charge in [0.05, 0.1) is 7.05 Å². The van der Waals surface area contributed by atoms with E-state index in [-0.39, 0.29) is 17.8 Å². The predicted molar refractivity (Wildman–Crippen MR) is 92.5 cm³/mol. The van der Waals surface area contributed by atoms with Gasteiger partial charge in [0.15, 0.2) is 17.5 Å². The number of likely N-dealkylation sites (N-methyl/N-ethyl adjacent to an activating group) is 1. The van der Waals surface area contributed by atoms with Crippen molar-refractivity contribution in [1.82, 2.24) is 0 Å². The van der Waals surface area contributed by atoms with Gasteiger partial charge in [0.2, 0.25) is 0 Å². The number of benzene rings is 2. The van der Waals surface area contributed by atoms with Crippen molar-refractivity contribution in [3.63, 3.8) is 0 Å². The Hall–Kier alpha value is -2.60. The number of hydrogen-bond acceptors (Lipinski definition) is 3. The van der Waals surface area contributed by atoms with Crippen LogP contribution in [0.3, 0.4) is 0 Å². The van der Waals surface area contributed by atoms with Crippen LogP contribution in [0.1, 0.15) is 12.5 Å². The highest BCUT2D eigenvalue weighted by molar-refractivity contribution is 5.93. The van der Waals surface area contributed by atoms with Gasteiger partial charge in [-0.1, -0.05) is 12.1 Å². The molecule has 0 saturated carbocycles. The van der Waals surface area contributed by atoms with Crippen LogP contribution in [0.2, 0.25) is 0 Å². The fraction of sp³-hybridized carbons (Fsp3) is 0.316. The maximum atomic E-state index is 13.0. The highest BCUT2D eigenvalue weighted by Crippen LogP contribution is 2.32. The molecule has 1 unspecified atom stereocenters. The summed E-state index contributed by atoms with van der Waals surface area (Å²) in [4.78, 5) is 13.5. The SMILES string of the molecule is C[C@@H](C(=O)Nc1ccc2c(c1)OCCO2)[NH+](C)Cc1ccc(F)cc1. The van der Waals surface area contributed by atoms with E-state index >= 15 is 0 Å². The van der Waals surface area contributed by atoms with E-state index < -0.39 is 0 Å². The van der Waals surface area contributed by atoms with Crippen LogP contribution in [-0.2, 0) is 11.3 Å². The fourth-order valence-corrected chi connectivity index (χ4v) is 2.67. The summed E-state index contributed by atoms with van der Waals surface area (Å²) in [6, 6.07) is 11.4. The average Bonchev–Trinajstić information content (AvgIpc) is 2.62. The summed E-state index contributed by atoms with van der Waals surface area (Å²) in [7, 11) is 1.94. The molecule has 0 bridgehead atoms. The number of nitrogens with one attached hydrogen (secondary N) is 2. The predicted octanol–water partition coefficient (Wildman–Crippen LogP) is 1.64. The molecule has 0 spiro atoms. The molecule has 3 rings (SSSR count). The van der Waals surface area contributed by atoms with Gasteiger partial charge in [-0.15, -0.1) is 0 Å². The Bertz CT molecular complexity index is 749. The number of quaternary nitrogens is 1. The van der Waals surface area contributed by atoms with Crippen molar-refractivity contribution >= 4 is 11.6 Å². The first-order valence-electron chi connectivity index (χ1n) is 8.30. The Morgan fingerprint density at radius 1 is 1.16 bits per heavy atom. The summed E-state index contributed by atoms with van der Waals surface area (Å²) in [5.41, 5.74) is 1.66. The average molecular weight is 345 g/mol. The highest BCUT2D eigenvalue weighted by atomic mass is 19.1. The number of carbonyl (C=O) groups excluding carboxylic acids is 1. The molecule has 1 heterocycles. The zero-order chi connectivity index (χ0) is 17.8. The standard InChI is InChI=1S/C19H21FN2O3/c1-13(22(2)12-14-3-5-15(20)6-4-14)19(23)21-16-7-8-17-18(11-16)25-10-9-24-17/h3-8,11,13H,9-10,12H2,1-2H3,(H,21,23)/p+1/t13-/m0/s1. The molecule has 5 nitrogen and oxygen atoms in total. The van der Waals surface area contributed by atoms with Gasteiger partial charge in [0.25, 0.3) is 5.91 Å². The Balaban J connectivity index is 1.60. The van der Waals surface area contributed by atoms with Crippen LogP contribution in [0.25, 0.3) is 0 Å². The first-order chi connectivity index (χ1) is 12.0. The van der Waals surface area contributed by atoms with E-state index in [1.807, 2.05) is 14.0 Å². The molecule has 1 aliphatic heterocycles. The van der Waals surface area contributed by atoms with Gasteiger partial charge in [0, 0.05) is 17.3 Å².